The average Bonchev–Trinajstić information content (AvgIpc) is 1.83. The van der Waals surface area contributed by atoms with Crippen LogP contribution in [0.25, 0.3) is 0 Å². The van der Waals surface area contributed by atoms with Gasteiger partial charge < -0.3 is 0 Å². The molecular weight excluding hydrogens is 96.1 g/mol. The van der Waals surface area contributed by atoms with E-state index in [2.05, 4.69) is 26.8 Å². The Kier molecular flexibility index (Phi) is 4.53. The third-order valence-corrected chi connectivity index (χ3v) is 1.31. The summed E-state index contributed by atoms with van der Waals surface area (Å²) >= 11 is 0. The Morgan fingerprint density at radius 3 is 2.62 bits per heavy atom. The van der Waals surface area contributed by atoms with E-state index < -0.39 is 0 Å². The Bertz CT molecular complexity index is 70.1. The van der Waals surface area contributed by atoms with Crippen molar-refractivity contribution >= 4 is 0 Å². The van der Waals surface area contributed by atoms with Gasteiger partial charge in [-0.3, -0.25) is 0 Å². The number of hydrogen-bond donors (Lipinski definition) is 0. The molecular formula is C8H15+. The molecule has 0 bridgehead atoms. The lowest BCUT2D eigenvalue weighted by molar-refractivity contribution is 0.829. The molecule has 0 heteroatoms. The summed E-state index contributed by atoms with van der Waals surface area (Å²) in [4.78, 5) is 0. The first-order valence-corrected chi connectivity index (χ1v) is 3.22. The molecule has 0 N–H and O–H groups in total. The average molecular weight is 111 g/mol. The van der Waals surface area contributed by atoms with Gasteiger partial charge in [0, 0.05) is 0 Å². The first-order valence-electron chi connectivity index (χ1n) is 3.22. The van der Waals surface area contributed by atoms with Crippen LogP contribution in [0.4, 0.5) is 0 Å². The van der Waals surface area contributed by atoms with Crippen molar-refractivity contribution in [1.82, 2.24) is 0 Å². The predicted octanol–water partition coefficient (Wildman–Crippen LogP) is 2.96. The SMILES string of the molecule is [CH2+]CCCC(C)=CC. The largest absolute Gasteiger partial charge is 0.0887 e. The van der Waals surface area contributed by atoms with Crippen LogP contribution in [0.15, 0.2) is 11.6 Å². The Morgan fingerprint density at radius 1 is 1.62 bits per heavy atom. The van der Waals surface area contributed by atoms with Crippen molar-refractivity contribution in [1.29, 1.82) is 0 Å². The van der Waals surface area contributed by atoms with Crippen LogP contribution in [-0.2, 0) is 0 Å². The molecule has 0 aromatic heterocycles. The fraction of sp³-hybridized carbons (Fsp3) is 0.625. The minimum absolute atomic E-state index is 1.06. The smallest absolute Gasteiger partial charge is 0.0853 e. The van der Waals surface area contributed by atoms with Gasteiger partial charge in [-0.15, -0.1) is 0 Å². The molecule has 46 valence electrons. The van der Waals surface area contributed by atoms with Crippen LogP contribution in [0.5, 0.6) is 0 Å². The third-order valence-electron chi connectivity index (χ3n) is 1.31. The fourth-order valence-corrected chi connectivity index (χ4v) is 0.548. The van der Waals surface area contributed by atoms with Crippen LogP contribution < -0.4 is 0 Å². The summed E-state index contributed by atoms with van der Waals surface area (Å²) in [5.41, 5.74) is 1.48. The summed E-state index contributed by atoms with van der Waals surface area (Å²) in [6.07, 6.45) is 5.68. The van der Waals surface area contributed by atoms with Crippen LogP contribution in [0.1, 0.15) is 33.1 Å². The number of unbranched alkanes of at least 4 members (excludes halogenated alkanes) is 1. The fourth-order valence-electron chi connectivity index (χ4n) is 0.548. The van der Waals surface area contributed by atoms with Gasteiger partial charge in [-0.25, -0.2) is 0 Å². The summed E-state index contributed by atoms with van der Waals surface area (Å²) in [6.45, 7) is 8.01. The van der Waals surface area contributed by atoms with E-state index in [0.717, 1.165) is 6.42 Å². The van der Waals surface area contributed by atoms with E-state index in [1.54, 1.807) is 0 Å². The van der Waals surface area contributed by atoms with E-state index >= 15 is 0 Å². The summed E-state index contributed by atoms with van der Waals surface area (Å²) in [5.74, 6) is 0. The highest BCUT2D eigenvalue weighted by atomic mass is 13.9. The molecule has 0 atom stereocenters. The lowest BCUT2D eigenvalue weighted by Gasteiger charge is -1.92. The molecule has 0 spiro atoms. The van der Waals surface area contributed by atoms with E-state index in [1.165, 1.54) is 18.4 Å². The van der Waals surface area contributed by atoms with E-state index in [0.29, 0.717) is 0 Å². The highest BCUT2D eigenvalue weighted by Crippen LogP contribution is 2.04. The van der Waals surface area contributed by atoms with Crippen molar-refractivity contribution in [3.63, 3.8) is 0 Å². The number of rotatable bonds is 3. The quantitative estimate of drug-likeness (QED) is 0.388. The van der Waals surface area contributed by atoms with Crippen LogP contribution >= 0.6 is 0 Å². The van der Waals surface area contributed by atoms with E-state index in [1.807, 2.05) is 0 Å². The number of hydrogen-bond acceptors (Lipinski definition) is 0. The second-order valence-corrected chi connectivity index (χ2v) is 2.09. The maximum atomic E-state index is 3.76. The van der Waals surface area contributed by atoms with Gasteiger partial charge in [0.05, 0.1) is 13.3 Å². The van der Waals surface area contributed by atoms with Crippen molar-refractivity contribution in [3.8, 4) is 0 Å². The zero-order chi connectivity index (χ0) is 6.41. The minimum Gasteiger partial charge on any atom is -0.0887 e. The van der Waals surface area contributed by atoms with Gasteiger partial charge in [-0.2, -0.15) is 0 Å². The van der Waals surface area contributed by atoms with Crippen LogP contribution in [0.3, 0.4) is 0 Å². The molecule has 0 aliphatic rings. The first kappa shape index (κ1) is 7.61. The topological polar surface area (TPSA) is 0 Å². The van der Waals surface area contributed by atoms with E-state index in [-0.39, 0.29) is 0 Å². The molecule has 0 aliphatic carbocycles. The van der Waals surface area contributed by atoms with Crippen molar-refractivity contribution in [2.24, 2.45) is 0 Å². The van der Waals surface area contributed by atoms with Crippen LogP contribution in [0.2, 0.25) is 0 Å². The molecule has 0 unspecified atom stereocenters. The maximum Gasteiger partial charge on any atom is 0.0853 e. The Morgan fingerprint density at radius 2 is 2.25 bits per heavy atom. The summed E-state index contributed by atoms with van der Waals surface area (Å²) in [6, 6.07) is 0. The molecule has 0 saturated carbocycles. The Labute approximate surface area is 52.6 Å². The van der Waals surface area contributed by atoms with E-state index in [9.17, 15) is 0 Å². The molecule has 0 aromatic rings. The molecule has 0 fully saturated rings. The van der Waals surface area contributed by atoms with Crippen molar-refractivity contribution in [3.05, 3.63) is 18.6 Å². The maximum absolute atomic E-state index is 3.76. The second-order valence-electron chi connectivity index (χ2n) is 2.09. The van der Waals surface area contributed by atoms with Crippen molar-refractivity contribution in [2.75, 3.05) is 0 Å². The van der Waals surface area contributed by atoms with Crippen LogP contribution in [0, 0.1) is 6.92 Å². The summed E-state index contributed by atoms with van der Waals surface area (Å²) in [5, 5.41) is 0. The monoisotopic (exact) mass is 111 g/mol. The predicted molar refractivity (Wildman–Crippen MR) is 38.6 cm³/mol. The molecule has 0 aliphatic heterocycles. The summed E-state index contributed by atoms with van der Waals surface area (Å²) in [7, 11) is 0. The van der Waals surface area contributed by atoms with Gasteiger partial charge in [-0.1, -0.05) is 11.6 Å². The zero-order valence-corrected chi connectivity index (χ0v) is 5.91. The zero-order valence-electron chi connectivity index (χ0n) is 5.91. The molecule has 8 heavy (non-hydrogen) atoms. The van der Waals surface area contributed by atoms with Gasteiger partial charge in [0.25, 0.3) is 0 Å². The van der Waals surface area contributed by atoms with Gasteiger partial charge in [0.2, 0.25) is 0 Å². The van der Waals surface area contributed by atoms with Gasteiger partial charge in [0.1, 0.15) is 0 Å². The molecule has 0 radical (unpaired) electrons. The Balaban J connectivity index is 3.12. The molecule has 0 saturated heterocycles. The van der Waals surface area contributed by atoms with Crippen molar-refractivity contribution in [2.45, 2.75) is 33.1 Å². The molecule has 0 amide bonds. The number of allylic oxidation sites excluding steroid dienone is 2. The highest BCUT2D eigenvalue weighted by Gasteiger charge is 1.87. The van der Waals surface area contributed by atoms with Crippen LogP contribution in [-0.4, -0.2) is 0 Å². The van der Waals surface area contributed by atoms with Gasteiger partial charge >= 0.3 is 0 Å². The van der Waals surface area contributed by atoms with E-state index in [4.69, 9.17) is 0 Å². The van der Waals surface area contributed by atoms with Gasteiger partial charge in [0.15, 0.2) is 0 Å². The highest BCUT2D eigenvalue weighted by molar-refractivity contribution is 4.94. The standard InChI is InChI=1S/C8H15/c1-4-6-7-8(3)5-2/h5H,1,4,6-7H2,2-3H3/q+1. The second kappa shape index (κ2) is 4.76. The lowest BCUT2D eigenvalue weighted by Crippen LogP contribution is -1.74. The molecule has 0 nitrogen and oxygen atoms in total. The first-order chi connectivity index (χ1) is 3.81. The lowest BCUT2D eigenvalue weighted by atomic mass is 10.1. The minimum atomic E-state index is 1.06. The molecule has 0 rings (SSSR count). The van der Waals surface area contributed by atoms with Gasteiger partial charge in [-0.05, 0) is 26.7 Å². The third kappa shape index (κ3) is 3.79. The Hall–Kier alpha value is -0.390. The summed E-state index contributed by atoms with van der Waals surface area (Å²) < 4.78 is 0. The molecule has 0 aromatic carbocycles. The normalized spacial score (nSPS) is 12.0. The molecule has 0 heterocycles. The van der Waals surface area contributed by atoms with Crippen molar-refractivity contribution < 1.29 is 0 Å².